The number of carbonyl (C=O) groups excluding carboxylic acids is 3. The minimum Gasteiger partial charge on any atom is -0.354 e. The van der Waals surface area contributed by atoms with Crippen molar-refractivity contribution >= 4 is 17.7 Å². The largest absolute Gasteiger partial charge is 0.354 e. The van der Waals surface area contributed by atoms with Gasteiger partial charge in [-0.15, -0.1) is 0 Å². The van der Waals surface area contributed by atoms with Crippen molar-refractivity contribution in [3.63, 3.8) is 0 Å². The highest BCUT2D eigenvalue weighted by Gasteiger charge is 2.34. The first-order valence-corrected chi connectivity index (χ1v) is 7.01. The monoisotopic (exact) mass is 289 g/mol. The van der Waals surface area contributed by atoms with Crippen molar-refractivity contribution < 1.29 is 14.4 Å². The minimum absolute atomic E-state index is 0.0677. The number of benzene rings is 1. The van der Waals surface area contributed by atoms with Gasteiger partial charge in [0.15, 0.2) is 0 Å². The van der Waals surface area contributed by atoms with E-state index in [1.165, 1.54) is 4.90 Å². The van der Waals surface area contributed by atoms with Crippen LogP contribution >= 0.6 is 0 Å². The number of fused-ring (bicyclic) bond motifs is 1. The van der Waals surface area contributed by atoms with E-state index in [0.29, 0.717) is 17.5 Å². The maximum absolute atomic E-state index is 12.1. The molecule has 0 saturated heterocycles. The van der Waals surface area contributed by atoms with E-state index < -0.39 is 0 Å². The zero-order chi connectivity index (χ0) is 15.2. The highest BCUT2D eigenvalue weighted by molar-refractivity contribution is 6.21. The van der Waals surface area contributed by atoms with Gasteiger partial charge in [0.25, 0.3) is 11.8 Å². The highest BCUT2D eigenvalue weighted by atomic mass is 16.2. The Kier molecular flexibility index (Phi) is 5.05. The van der Waals surface area contributed by atoms with Crippen molar-refractivity contribution in [2.75, 3.05) is 26.7 Å². The van der Waals surface area contributed by atoms with Gasteiger partial charge >= 0.3 is 0 Å². The summed E-state index contributed by atoms with van der Waals surface area (Å²) in [6.45, 7) is 1.26. The molecule has 2 rings (SSSR count). The minimum atomic E-state index is -0.292. The van der Waals surface area contributed by atoms with Crippen LogP contribution in [0.25, 0.3) is 0 Å². The quantitative estimate of drug-likeness (QED) is 0.562. The van der Waals surface area contributed by atoms with Crippen LogP contribution < -0.4 is 10.6 Å². The molecular formula is C15H19N3O3. The average Bonchev–Trinajstić information content (AvgIpc) is 2.73. The van der Waals surface area contributed by atoms with Gasteiger partial charge in [-0.3, -0.25) is 19.3 Å². The van der Waals surface area contributed by atoms with Crippen molar-refractivity contribution in [1.82, 2.24) is 15.5 Å². The average molecular weight is 289 g/mol. The fraction of sp³-hybridized carbons (Fsp3) is 0.400. The number of carbonyl (C=O) groups is 3. The van der Waals surface area contributed by atoms with Crippen LogP contribution in [0.3, 0.4) is 0 Å². The number of hydrogen-bond acceptors (Lipinski definition) is 4. The number of nitrogens with one attached hydrogen (secondary N) is 2. The van der Waals surface area contributed by atoms with Gasteiger partial charge in [0.05, 0.1) is 11.1 Å². The van der Waals surface area contributed by atoms with Crippen LogP contribution in [0.4, 0.5) is 0 Å². The zero-order valence-electron chi connectivity index (χ0n) is 12.0. The molecule has 0 saturated carbocycles. The van der Waals surface area contributed by atoms with Crippen LogP contribution in [0.2, 0.25) is 0 Å². The fourth-order valence-electron chi connectivity index (χ4n) is 2.26. The van der Waals surface area contributed by atoms with Gasteiger partial charge in [-0.2, -0.15) is 0 Å². The van der Waals surface area contributed by atoms with Crippen molar-refractivity contribution in [1.29, 1.82) is 0 Å². The molecule has 1 aliphatic rings. The van der Waals surface area contributed by atoms with E-state index in [-0.39, 0.29) is 30.8 Å². The number of imide groups is 1. The second-order valence-electron chi connectivity index (χ2n) is 4.86. The molecule has 0 radical (unpaired) electrons. The third kappa shape index (κ3) is 3.46. The number of nitrogens with zero attached hydrogens (tertiary/aromatic N) is 1. The SMILES string of the molecule is CNCCCC(=O)NCCN1C(=O)c2ccccc2C1=O. The summed E-state index contributed by atoms with van der Waals surface area (Å²) < 4.78 is 0. The normalized spacial score (nSPS) is 13.5. The molecule has 6 heteroatoms. The van der Waals surface area contributed by atoms with Crippen LogP contribution in [0.15, 0.2) is 24.3 Å². The second-order valence-corrected chi connectivity index (χ2v) is 4.86. The topological polar surface area (TPSA) is 78.5 Å². The summed E-state index contributed by atoms with van der Waals surface area (Å²) in [5, 5.41) is 5.69. The lowest BCUT2D eigenvalue weighted by molar-refractivity contribution is -0.121. The Balaban J connectivity index is 1.81. The fourth-order valence-corrected chi connectivity index (χ4v) is 2.26. The van der Waals surface area contributed by atoms with Crippen LogP contribution in [0, 0.1) is 0 Å². The van der Waals surface area contributed by atoms with Crippen LogP contribution in [0.5, 0.6) is 0 Å². The van der Waals surface area contributed by atoms with Gasteiger partial charge in [-0.1, -0.05) is 12.1 Å². The molecule has 3 amide bonds. The first kappa shape index (κ1) is 15.2. The second kappa shape index (κ2) is 6.99. The molecule has 6 nitrogen and oxygen atoms in total. The standard InChI is InChI=1S/C15H19N3O3/c1-16-8-4-7-13(19)17-9-10-18-14(20)11-5-2-3-6-12(11)15(18)21/h2-3,5-6,16H,4,7-10H2,1H3,(H,17,19). The maximum atomic E-state index is 12.1. The maximum Gasteiger partial charge on any atom is 0.261 e. The number of hydrogen-bond donors (Lipinski definition) is 2. The summed E-state index contributed by atoms with van der Waals surface area (Å²) in [7, 11) is 1.83. The number of rotatable bonds is 7. The summed E-state index contributed by atoms with van der Waals surface area (Å²) in [5.41, 5.74) is 0.866. The van der Waals surface area contributed by atoms with E-state index >= 15 is 0 Å². The van der Waals surface area contributed by atoms with Crippen LogP contribution in [-0.2, 0) is 4.79 Å². The first-order valence-electron chi connectivity index (χ1n) is 7.01. The molecule has 112 valence electrons. The molecule has 0 fully saturated rings. The predicted octanol–water partition coefficient (Wildman–Crippen LogP) is 0.398. The lowest BCUT2D eigenvalue weighted by atomic mass is 10.1. The molecule has 2 N–H and O–H groups in total. The van der Waals surface area contributed by atoms with Crippen molar-refractivity contribution in [3.05, 3.63) is 35.4 Å². The molecule has 1 aromatic rings. The van der Waals surface area contributed by atoms with Crippen LogP contribution in [-0.4, -0.2) is 49.3 Å². The predicted molar refractivity (Wildman–Crippen MR) is 78.0 cm³/mol. The van der Waals surface area contributed by atoms with E-state index in [4.69, 9.17) is 0 Å². The molecule has 0 atom stereocenters. The Bertz CT molecular complexity index is 522. The molecule has 0 spiro atoms. The molecular weight excluding hydrogens is 270 g/mol. The van der Waals surface area contributed by atoms with E-state index in [1.54, 1.807) is 24.3 Å². The molecule has 0 aromatic heterocycles. The van der Waals surface area contributed by atoms with Gasteiger partial charge < -0.3 is 10.6 Å². The molecule has 1 heterocycles. The Morgan fingerprint density at radius 2 is 1.71 bits per heavy atom. The van der Waals surface area contributed by atoms with E-state index in [2.05, 4.69) is 10.6 Å². The Hall–Kier alpha value is -2.21. The lowest BCUT2D eigenvalue weighted by Gasteiger charge is -2.14. The van der Waals surface area contributed by atoms with E-state index in [0.717, 1.165) is 13.0 Å². The smallest absolute Gasteiger partial charge is 0.261 e. The van der Waals surface area contributed by atoms with Gasteiger partial charge in [0.1, 0.15) is 0 Å². The number of amides is 3. The Labute approximate surface area is 123 Å². The molecule has 0 aliphatic carbocycles. The summed E-state index contributed by atoms with van der Waals surface area (Å²) in [4.78, 5) is 36.9. The Morgan fingerprint density at radius 3 is 2.29 bits per heavy atom. The summed E-state index contributed by atoms with van der Waals surface area (Å²) in [6.07, 6.45) is 1.19. The van der Waals surface area contributed by atoms with Gasteiger partial charge in [0, 0.05) is 19.5 Å². The third-order valence-corrected chi connectivity index (χ3v) is 3.37. The zero-order valence-corrected chi connectivity index (χ0v) is 12.0. The molecule has 0 unspecified atom stereocenters. The third-order valence-electron chi connectivity index (χ3n) is 3.37. The molecule has 21 heavy (non-hydrogen) atoms. The molecule has 1 aliphatic heterocycles. The van der Waals surface area contributed by atoms with E-state index in [1.807, 2.05) is 7.05 Å². The van der Waals surface area contributed by atoms with Crippen molar-refractivity contribution in [2.45, 2.75) is 12.8 Å². The summed E-state index contributed by atoms with van der Waals surface area (Å²) in [6, 6.07) is 6.76. The van der Waals surface area contributed by atoms with E-state index in [9.17, 15) is 14.4 Å². The Morgan fingerprint density at radius 1 is 1.10 bits per heavy atom. The summed E-state index contributed by atoms with van der Waals surface area (Å²) in [5.74, 6) is -0.651. The highest BCUT2D eigenvalue weighted by Crippen LogP contribution is 2.21. The van der Waals surface area contributed by atoms with Crippen LogP contribution in [0.1, 0.15) is 33.6 Å². The van der Waals surface area contributed by atoms with Crippen molar-refractivity contribution in [3.8, 4) is 0 Å². The van der Waals surface area contributed by atoms with Crippen molar-refractivity contribution in [2.24, 2.45) is 0 Å². The first-order chi connectivity index (χ1) is 10.1. The summed E-state index contributed by atoms with van der Waals surface area (Å²) >= 11 is 0. The molecule has 1 aromatic carbocycles. The van der Waals surface area contributed by atoms with Gasteiger partial charge in [-0.25, -0.2) is 0 Å². The molecule has 0 bridgehead atoms. The lowest BCUT2D eigenvalue weighted by Crippen LogP contribution is -2.38. The van der Waals surface area contributed by atoms with Gasteiger partial charge in [0.2, 0.25) is 5.91 Å². The van der Waals surface area contributed by atoms with Gasteiger partial charge in [-0.05, 0) is 32.1 Å².